The number of benzene rings is 1. The lowest BCUT2D eigenvalue weighted by Gasteiger charge is -2.22. The summed E-state index contributed by atoms with van der Waals surface area (Å²) < 4.78 is 13.1. The summed E-state index contributed by atoms with van der Waals surface area (Å²) in [6.07, 6.45) is 8.53. The zero-order chi connectivity index (χ0) is 13.0. The maximum atomic E-state index is 13.1. The number of halogens is 2. The average molecular weight is 270 g/mol. The van der Waals surface area contributed by atoms with Crippen LogP contribution in [0.15, 0.2) is 18.2 Å². The van der Waals surface area contributed by atoms with Gasteiger partial charge in [-0.1, -0.05) is 43.4 Å². The fourth-order valence-electron chi connectivity index (χ4n) is 2.84. The minimum atomic E-state index is -0.358. The molecular formula is C15H21ClFN. The Kier molecular flexibility index (Phi) is 5.02. The summed E-state index contributed by atoms with van der Waals surface area (Å²) in [5, 5.41) is 0.195. The minimum absolute atomic E-state index is 0.171. The third-order valence-electron chi connectivity index (χ3n) is 3.96. The molecule has 1 atom stereocenters. The standard InChI is InChI=1S/C15H21ClFN/c16-13-9-11(7-8-14(13)17)10-15(18)12-5-3-1-2-4-6-12/h7-9,12,15H,1-6,10,18H2. The molecule has 1 fully saturated rings. The Bertz CT molecular complexity index is 386. The van der Waals surface area contributed by atoms with Crippen LogP contribution in [0, 0.1) is 11.7 Å². The van der Waals surface area contributed by atoms with Gasteiger partial charge in [-0.2, -0.15) is 0 Å². The summed E-state index contributed by atoms with van der Waals surface area (Å²) in [6, 6.07) is 5.09. The molecular weight excluding hydrogens is 249 g/mol. The van der Waals surface area contributed by atoms with Gasteiger partial charge in [0.15, 0.2) is 0 Å². The van der Waals surface area contributed by atoms with E-state index in [-0.39, 0.29) is 16.9 Å². The van der Waals surface area contributed by atoms with Crippen LogP contribution >= 0.6 is 11.6 Å². The number of hydrogen-bond donors (Lipinski definition) is 1. The molecule has 3 heteroatoms. The van der Waals surface area contributed by atoms with Crippen molar-refractivity contribution in [3.8, 4) is 0 Å². The molecule has 1 saturated carbocycles. The quantitative estimate of drug-likeness (QED) is 0.813. The normalized spacial score (nSPS) is 19.5. The molecule has 0 aliphatic heterocycles. The molecule has 2 rings (SSSR count). The average Bonchev–Trinajstić information content (AvgIpc) is 2.62. The zero-order valence-electron chi connectivity index (χ0n) is 10.7. The Labute approximate surface area is 114 Å². The van der Waals surface area contributed by atoms with Gasteiger partial charge < -0.3 is 5.73 Å². The van der Waals surface area contributed by atoms with Gasteiger partial charge in [0.1, 0.15) is 5.82 Å². The van der Waals surface area contributed by atoms with E-state index in [1.807, 2.05) is 0 Å². The first-order chi connectivity index (χ1) is 8.66. The second-order valence-corrected chi connectivity index (χ2v) is 5.78. The van der Waals surface area contributed by atoms with Gasteiger partial charge in [-0.25, -0.2) is 4.39 Å². The summed E-state index contributed by atoms with van der Waals surface area (Å²) in [5.74, 6) is 0.250. The topological polar surface area (TPSA) is 26.0 Å². The Morgan fingerprint density at radius 1 is 1.22 bits per heavy atom. The van der Waals surface area contributed by atoms with Gasteiger partial charge in [-0.05, 0) is 42.9 Å². The van der Waals surface area contributed by atoms with Crippen LogP contribution in [0.25, 0.3) is 0 Å². The van der Waals surface area contributed by atoms with Crippen LogP contribution in [0.4, 0.5) is 4.39 Å². The van der Waals surface area contributed by atoms with Gasteiger partial charge in [0, 0.05) is 6.04 Å². The molecule has 1 aromatic carbocycles. The van der Waals surface area contributed by atoms with Crippen molar-refractivity contribution in [2.24, 2.45) is 11.7 Å². The minimum Gasteiger partial charge on any atom is -0.327 e. The Morgan fingerprint density at radius 3 is 2.50 bits per heavy atom. The second-order valence-electron chi connectivity index (χ2n) is 5.37. The van der Waals surface area contributed by atoms with E-state index >= 15 is 0 Å². The molecule has 100 valence electrons. The Balaban J connectivity index is 1.96. The highest BCUT2D eigenvalue weighted by atomic mass is 35.5. The highest BCUT2D eigenvalue weighted by Gasteiger charge is 2.19. The molecule has 0 saturated heterocycles. The van der Waals surface area contributed by atoms with Crippen molar-refractivity contribution in [2.75, 3.05) is 0 Å². The van der Waals surface area contributed by atoms with Gasteiger partial charge in [0.2, 0.25) is 0 Å². The molecule has 0 heterocycles. The third-order valence-corrected chi connectivity index (χ3v) is 4.25. The van der Waals surface area contributed by atoms with Crippen molar-refractivity contribution in [1.82, 2.24) is 0 Å². The highest BCUT2D eigenvalue weighted by molar-refractivity contribution is 6.30. The van der Waals surface area contributed by atoms with Crippen molar-refractivity contribution in [1.29, 1.82) is 0 Å². The van der Waals surface area contributed by atoms with Crippen molar-refractivity contribution >= 4 is 11.6 Å². The Morgan fingerprint density at radius 2 is 1.89 bits per heavy atom. The highest BCUT2D eigenvalue weighted by Crippen LogP contribution is 2.27. The zero-order valence-corrected chi connectivity index (χ0v) is 11.4. The number of hydrogen-bond acceptors (Lipinski definition) is 1. The van der Waals surface area contributed by atoms with Crippen LogP contribution in [0.3, 0.4) is 0 Å². The SMILES string of the molecule is NC(Cc1ccc(F)c(Cl)c1)C1CCCCCC1. The molecule has 0 spiro atoms. The first-order valence-electron chi connectivity index (χ1n) is 6.86. The molecule has 1 unspecified atom stereocenters. The van der Waals surface area contributed by atoms with Crippen LogP contribution in [-0.2, 0) is 6.42 Å². The van der Waals surface area contributed by atoms with E-state index < -0.39 is 0 Å². The van der Waals surface area contributed by atoms with Crippen molar-refractivity contribution < 1.29 is 4.39 Å². The summed E-state index contributed by atoms with van der Waals surface area (Å²) in [6.45, 7) is 0. The lowest BCUT2D eigenvalue weighted by atomic mass is 9.88. The molecule has 1 nitrogen and oxygen atoms in total. The van der Waals surface area contributed by atoms with E-state index in [1.54, 1.807) is 12.1 Å². The fraction of sp³-hybridized carbons (Fsp3) is 0.600. The summed E-state index contributed by atoms with van der Waals surface area (Å²) in [5.41, 5.74) is 7.34. The van der Waals surface area contributed by atoms with Gasteiger partial charge in [-0.3, -0.25) is 0 Å². The molecule has 0 amide bonds. The van der Waals surface area contributed by atoms with Gasteiger partial charge in [0.05, 0.1) is 5.02 Å². The molecule has 1 aromatic rings. The van der Waals surface area contributed by atoms with Gasteiger partial charge >= 0.3 is 0 Å². The van der Waals surface area contributed by atoms with Gasteiger partial charge in [-0.15, -0.1) is 0 Å². The van der Waals surface area contributed by atoms with Gasteiger partial charge in [0.25, 0.3) is 0 Å². The summed E-state index contributed by atoms with van der Waals surface area (Å²) in [7, 11) is 0. The maximum absolute atomic E-state index is 13.1. The largest absolute Gasteiger partial charge is 0.327 e. The van der Waals surface area contributed by atoms with Crippen LogP contribution < -0.4 is 5.73 Å². The predicted octanol–water partition coefficient (Wildman–Crippen LogP) is 4.32. The van der Waals surface area contributed by atoms with Crippen molar-refractivity contribution in [3.63, 3.8) is 0 Å². The molecule has 2 N–H and O–H groups in total. The fourth-order valence-corrected chi connectivity index (χ4v) is 3.05. The molecule has 1 aliphatic rings. The molecule has 18 heavy (non-hydrogen) atoms. The lowest BCUT2D eigenvalue weighted by molar-refractivity contribution is 0.372. The van der Waals surface area contributed by atoms with Crippen LogP contribution in [0.5, 0.6) is 0 Å². The number of nitrogens with two attached hydrogens (primary N) is 1. The third kappa shape index (κ3) is 3.69. The molecule has 0 aromatic heterocycles. The summed E-state index contributed by atoms with van der Waals surface area (Å²) >= 11 is 5.79. The van der Waals surface area contributed by atoms with Crippen molar-refractivity contribution in [3.05, 3.63) is 34.6 Å². The predicted molar refractivity (Wildman–Crippen MR) is 74.3 cm³/mol. The van der Waals surface area contributed by atoms with E-state index in [1.165, 1.54) is 44.6 Å². The van der Waals surface area contributed by atoms with E-state index in [4.69, 9.17) is 17.3 Å². The second kappa shape index (κ2) is 6.53. The Hall–Kier alpha value is -0.600. The molecule has 1 aliphatic carbocycles. The molecule has 0 radical (unpaired) electrons. The van der Waals surface area contributed by atoms with E-state index in [9.17, 15) is 4.39 Å². The smallest absolute Gasteiger partial charge is 0.141 e. The lowest BCUT2D eigenvalue weighted by Crippen LogP contribution is -2.32. The first kappa shape index (κ1) is 13.8. The van der Waals surface area contributed by atoms with E-state index in [2.05, 4.69) is 0 Å². The van der Waals surface area contributed by atoms with Crippen molar-refractivity contribution in [2.45, 2.75) is 51.0 Å². The number of rotatable bonds is 3. The maximum Gasteiger partial charge on any atom is 0.141 e. The summed E-state index contributed by atoms with van der Waals surface area (Å²) in [4.78, 5) is 0. The van der Waals surface area contributed by atoms with Crippen LogP contribution in [0.1, 0.15) is 44.1 Å². The first-order valence-corrected chi connectivity index (χ1v) is 7.24. The monoisotopic (exact) mass is 269 g/mol. The van der Waals surface area contributed by atoms with E-state index in [0.717, 1.165) is 12.0 Å². The van der Waals surface area contributed by atoms with Crippen LogP contribution in [-0.4, -0.2) is 6.04 Å². The van der Waals surface area contributed by atoms with Crippen LogP contribution in [0.2, 0.25) is 5.02 Å². The van der Waals surface area contributed by atoms with E-state index in [0.29, 0.717) is 5.92 Å². The molecule has 0 bridgehead atoms.